The lowest BCUT2D eigenvalue weighted by Crippen LogP contribution is -2.12. The van der Waals surface area contributed by atoms with Gasteiger partial charge in [-0.25, -0.2) is 0 Å². The van der Waals surface area contributed by atoms with Crippen molar-refractivity contribution in [2.24, 2.45) is 11.7 Å². The average molecular weight is 250 g/mol. The fourth-order valence-electron chi connectivity index (χ4n) is 1.60. The maximum atomic E-state index is 11.9. The maximum absolute atomic E-state index is 11.9. The van der Waals surface area contributed by atoms with E-state index >= 15 is 0 Å². The molecule has 0 radical (unpaired) electrons. The van der Waals surface area contributed by atoms with Crippen molar-refractivity contribution in [2.75, 3.05) is 0 Å². The monoisotopic (exact) mass is 249 g/mol. The summed E-state index contributed by atoms with van der Waals surface area (Å²) in [6, 6.07) is 6.60. The minimum absolute atomic E-state index is 0. The molecule has 1 fully saturated rings. The van der Waals surface area contributed by atoms with Gasteiger partial charge >= 0.3 is 6.61 Å². The van der Waals surface area contributed by atoms with E-state index in [4.69, 9.17) is 5.73 Å². The Morgan fingerprint density at radius 2 is 1.75 bits per heavy atom. The second-order valence-electron chi connectivity index (χ2n) is 3.81. The van der Waals surface area contributed by atoms with Crippen molar-refractivity contribution in [3.8, 4) is 5.75 Å². The van der Waals surface area contributed by atoms with Crippen molar-refractivity contribution < 1.29 is 13.5 Å². The van der Waals surface area contributed by atoms with Gasteiger partial charge in [-0.1, -0.05) is 12.1 Å². The molecule has 0 saturated heterocycles. The van der Waals surface area contributed by atoms with Gasteiger partial charge in [-0.3, -0.25) is 0 Å². The second kappa shape index (κ2) is 5.46. The number of ether oxygens (including phenoxy) is 1. The quantitative estimate of drug-likeness (QED) is 0.890. The van der Waals surface area contributed by atoms with E-state index in [1.165, 1.54) is 12.1 Å². The van der Waals surface area contributed by atoms with Gasteiger partial charge in [0.2, 0.25) is 0 Å². The Labute approximate surface area is 99.2 Å². The zero-order valence-corrected chi connectivity index (χ0v) is 9.42. The van der Waals surface area contributed by atoms with Crippen LogP contribution >= 0.6 is 12.4 Å². The molecule has 0 bridgehead atoms. The molecule has 1 aromatic rings. The summed E-state index contributed by atoms with van der Waals surface area (Å²) in [5.41, 5.74) is 6.95. The normalized spacial score (nSPS) is 16.8. The molecule has 1 saturated carbocycles. The van der Waals surface area contributed by atoms with Crippen molar-refractivity contribution in [1.82, 2.24) is 0 Å². The Hall–Kier alpha value is -0.870. The van der Waals surface area contributed by atoms with Crippen LogP contribution in [0, 0.1) is 5.92 Å². The van der Waals surface area contributed by atoms with Gasteiger partial charge in [0.15, 0.2) is 0 Å². The van der Waals surface area contributed by atoms with Crippen LogP contribution in [0.1, 0.15) is 24.4 Å². The van der Waals surface area contributed by atoms with Crippen LogP contribution in [0.2, 0.25) is 0 Å². The first kappa shape index (κ1) is 13.2. The standard InChI is InChI=1S/C11H13F2NO.ClH/c12-11(13)15-9-5-3-8(4-6-9)10(14)7-1-2-7;/h3-7,10-11H,1-2,14H2;1H/t10-;/m0./s1. The van der Waals surface area contributed by atoms with Crippen molar-refractivity contribution in [3.05, 3.63) is 29.8 Å². The summed E-state index contributed by atoms with van der Waals surface area (Å²) in [5.74, 6) is 0.739. The summed E-state index contributed by atoms with van der Waals surface area (Å²) in [6.45, 7) is -2.77. The van der Waals surface area contributed by atoms with E-state index in [0.717, 1.165) is 18.4 Å². The van der Waals surface area contributed by atoms with Gasteiger partial charge in [0.05, 0.1) is 0 Å². The largest absolute Gasteiger partial charge is 0.435 e. The molecular formula is C11H14ClF2NO. The van der Waals surface area contributed by atoms with Crippen molar-refractivity contribution in [3.63, 3.8) is 0 Å². The Morgan fingerprint density at radius 3 is 2.19 bits per heavy atom. The highest BCUT2D eigenvalue weighted by molar-refractivity contribution is 5.85. The molecule has 90 valence electrons. The number of halogens is 3. The molecule has 0 aromatic heterocycles. The van der Waals surface area contributed by atoms with Crippen LogP contribution in [0.5, 0.6) is 5.75 Å². The van der Waals surface area contributed by atoms with E-state index < -0.39 is 6.61 Å². The average Bonchev–Trinajstić information content (AvgIpc) is 3.00. The molecule has 0 heterocycles. The summed E-state index contributed by atoms with van der Waals surface area (Å²) >= 11 is 0. The van der Waals surface area contributed by atoms with E-state index in [1.54, 1.807) is 12.1 Å². The van der Waals surface area contributed by atoms with Crippen molar-refractivity contribution in [2.45, 2.75) is 25.5 Å². The highest BCUT2D eigenvalue weighted by Gasteiger charge is 2.29. The Balaban J connectivity index is 0.00000128. The topological polar surface area (TPSA) is 35.2 Å². The van der Waals surface area contributed by atoms with E-state index in [9.17, 15) is 8.78 Å². The molecule has 0 spiro atoms. The third-order valence-corrected chi connectivity index (χ3v) is 2.62. The molecule has 0 unspecified atom stereocenters. The summed E-state index contributed by atoms with van der Waals surface area (Å²) in [6.07, 6.45) is 2.33. The Bertz CT molecular complexity index is 327. The minimum atomic E-state index is -2.77. The van der Waals surface area contributed by atoms with Crippen LogP contribution in [-0.2, 0) is 0 Å². The zero-order valence-electron chi connectivity index (χ0n) is 8.61. The highest BCUT2D eigenvalue weighted by Crippen LogP contribution is 2.39. The first-order chi connectivity index (χ1) is 7.16. The second-order valence-corrected chi connectivity index (χ2v) is 3.81. The summed E-state index contributed by atoms with van der Waals surface area (Å²) in [7, 11) is 0. The van der Waals surface area contributed by atoms with Gasteiger partial charge in [0.1, 0.15) is 5.75 Å². The number of hydrogen-bond acceptors (Lipinski definition) is 2. The number of nitrogens with two attached hydrogens (primary N) is 1. The van der Waals surface area contributed by atoms with Crippen LogP contribution in [0.4, 0.5) is 8.78 Å². The maximum Gasteiger partial charge on any atom is 0.387 e. The van der Waals surface area contributed by atoms with Gasteiger partial charge in [-0.2, -0.15) is 8.78 Å². The predicted molar refractivity (Wildman–Crippen MR) is 60.0 cm³/mol. The third-order valence-electron chi connectivity index (χ3n) is 2.62. The molecule has 1 aliphatic rings. The summed E-state index contributed by atoms with van der Waals surface area (Å²) < 4.78 is 28.0. The molecule has 2 nitrogen and oxygen atoms in total. The van der Waals surface area contributed by atoms with Gasteiger partial charge < -0.3 is 10.5 Å². The predicted octanol–water partition coefficient (Wildman–Crippen LogP) is 3.12. The first-order valence-corrected chi connectivity index (χ1v) is 4.97. The molecule has 0 amide bonds. The smallest absolute Gasteiger partial charge is 0.387 e. The molecule has 2 rings (SSSR count). The molecule has 1 aliphatic carbocycles. The molecule has 16 heavy (non-hydrogen) atoms. The lowest BCUT2D eigenvalue weighted by Gasteiger charge is -2.11. The lowest BCUT2D eigenvalue weighted by molar-refractivity contribution is -0.0498. The Morgan fingerprint density at radius 1 is 1.19 bits per heavy atom. The molecule has 1 aromatic carbocycles. The number of hydrogen-bond donors (Lipinski definition) is 1. The molecular weight excluding hydrogens is 236 g/mol. The van der Waals surface area contributed by atoms with E-state index in [0.29, 0.717) is 5.92 Å². The van der Waals surface area contributed by atoms with E-state index in [-0.39, 0.29) is 24.2 Å². The van der Waals surface area contributed by atoms with Crippen LogP contribution < -0.4 is 10.5 Å². The van der Waals surface area contributed by atoms with Crippen LogP contribution in [0.15, 0.2) is 24.3 Å². The van der Waals surface area contributed by atoms with Crippen molar-refractivity contribution in [1.29, 1.82) is 0 Å². The lowest BCUT2D eigenvalue weighted by atomic mass is 10.0. The van der Waals surface area contributed by atoms with Crippen LogP contribution in [-0.4, -0.2) is 6.61 Å². The van der Waals surface area contributed by atoms with Crippen LogP contribution in [0.25, 0.3) is 0 Å². The fourth-order valence-corrected chi connectivity index (χ4v) is 1.60. The van der Waals surface area contributed by atoms with Crippen molar-refractivity contribution >= 4 is 12.4 Å². The molecule has 1 atom stereocenters. The third kappa shape index (κ3) is 3.32. The summed E-state index contributed by atoms with van der Waals surface area (Å²) in [5, 5.41) is 0. The van der Waals surface area contributed by atoms with Gasteiger partial charge in [0, 0.05) is 6.04 Å². The molecule has 2 N–H and O–H groups in total. The SMILES string of the molecule is Cl.N[C@H](c1ccc(OC(F)F)cc1)C1CC1. The van der Waals surface area contributed by atoms with E-state index in [1.807, 2.05) is 0 Å². The fraction of sp³-hybridized carbons (Fsp3) is 0.455. The molecule has 5 heteroatoms. The number of alkyl halides is 2. The van der Waals surface area contributed by atoms with Gasteiger partial charge in [0.25, 0.3) is 0 Å². The summed E-state index contributed by atoms with van der Waals surface area (Å²) in [4.78, 5) is 0. The van der Waals surface area contributed by atoms with E-state index in [2.05, 4.69) is 4.74 Å². The zero-order chi connectivity index (χ0) is 10.8. The number of benzene rings is 1. The van der Waals surface area contributed by atoms with Gasteiger partial charge in [-0.05, 0) is 36.5 Å². The molecule has 0 aliphatic heterocycles. The highest BCUT2D eigenvalue weighted by atomic mass is 35.5. The minimum Gasteiger partial charge on any atom is -0.435 e. The number of rotatable bonds is 4. The van der Waals surface area contributed by atoms with Crippen LogP contribution in [0.3, 0.4) is 0 Å². The Kier molecular flexibility index (Phi) is 4.50. The van der Waals surface area contributed by atoms with Gasteiger partial charge in [-0.15, -0.1) is 12.4 Å². The first-order valence-electron chi connectivity index (χ1n) is 4.97.